The van der Waals surface area contributed by atoms with Crippen LogP contribution in [0.25, 0.3) is 0 Å². The van der Waals surface area contributed by atoms with Crippen LogP contribution in [-0.4, -0.2) is 80.4 Å². The van der Waals surface area contributed by atoms with Crippen molar-refractivity contribution in [2.24, 2.45) is 7.05 Å². The lowest BCUT2D eigenvalue weighted by molar-refractivity contribution is 0.0209. The number of hydrogen-bond donors (Lipinski definition) is 3. The number of aliphatic hydroxyl groups is 1. The quantitative estimate of drug-likeness (QED) is 0.564. The molecule has 2 aliphatic heterocycles. The minimum absolute atomic E-state index is 0.160. The molecule has 0 saturated carbocycles. The minimum Gasteiger partial charge on any atom is -0.390 e. The van der Waals surface area contributed by atoms with Crippen molar-refractivity contribution >= 4 is 11.7 Å². The molecular weight excluding hydrogens is 362 g/mol. The van der Waals surface area contributed by atoms with E-state index in [1.165, 1.54) is 12.0 Å². The van der Waals surface area contributed by atoms with E-state index in [1.54, 1.807) is 6.07 Å². The monoisotopic (exact) mass is 387 g/mol. The molecule has 10 heteroatoms. The Bertz CT molecular complexity index is 836. The van der Waals surface area contributed by atoms with Crippen molar-refractivity contribution in [1.82, 2.24) is 29.7 Å². The number of carbonyl (C=O) groups is 1. The van der Waals surface area contributed by atoms with Crippen LogP contribution in [0.1, 0.15) is 21.9 Å². The fourth-order valence-corrected chi connectivity index (χ4v) is 3.42. The van der Waals surface area contributed by atoms with Crippen LogP contribution in [0.15, 0.2) is 18.7 Å². The molecule has 1 fully saturated rings. The van der Waals surface area contributed by atoms with Gasteiger partial charge in [0.2, 0.25) is 0 Å². The van der Waals surface area contributed by atoms with Crippen molar-refractivity contribution in [3.05, 3.63) is 35.8 Å². The van der Waals surface area contributed by atoms with Crippen molar-refractivity contribution in [3.8, 4) is 0 Å². The van der Waals surface area contributed by atoms with E-state index in [1.807, 2.05) is 17.9 Å². The fourth-order valence-electron chi connectivity index (χ4n) is 3.42. The zero-order valence-electron chi connectivity index (χ0n) is 15.8. The van der Waals surface area contributed by atoms with Crippen LogP contribution >= 0.6 is 0 Å². The van der Waals surface area contributed by atoms with Gasteiger partial charge in [-0.05, 0) is 0 Å². The van der Waals surface area contributed by atoms with Gasteiger partial charge in [0.15, 0.2) is 0 Å². The van der Waals surface area contributed by atoms with Crippen LogP contribution < -0.4 is 10.6 Å². The lowest BCUT2D eigenvalue weighted by atomic mass is 10.1. The van der Waals surface area contributed by atoms with Crippen molar-refractivity contribution in [3.63, 3.8) is 0 Å². The Labute approximate surface area is 162 Å². The number of amides is 1. The predicted octanol–water partition coefficient (Wildman–Crippen LogP) is -0.830. The van der Waals surface area contributed by atoms with Gasteiger partial charge >= 0.3 is 0 Å². The van der Waals surface area contributed by atoms with Crippen molar-refractivity contribution < 1.29 is 14.6 Å². The summed E-state index contributed by atoms with van der Waals surface area (Å²) in [6.45, 7) is 3.49. The van der Waals surface area contributed by atoms with Crippen molar-refractivity contribution in [1.29, 1.82) is 0 Å². The molecule has 1 atom stereocenters. The second-order valence-electron chi connectivity index (χ2n) is 7.27. The molecule has 1 amide bonds. The van der Waals surface area contributed by atoms with E-state index >= 15 is 0 Å². The third kappa shape index (κ3) is 4.29. The number of rotatable bonds is 7. The fraction of sp³-hybridized carbons (Fsp3) is 0.556. The number of anilines is 1. The molecule has 1 saturated heterocycles. The van der Waals surface area contributed by atoms with Gasteiger partial charge in [-0.2, -0.15) is 0 Å². The molecular formula is C18H25N7O3. The molecule has 0 radical (unpaired) electrons. The molecule has 2 aliphatic rings. The number of aryl methyl sites for hydroxylation is 1. The summed E-state index contributed by atoms with van der Waals surface area (Å²) in [5.74, 6) is 0.258. The Morgan fingerprint density at radius 1 is 1.39 bits per heavy atom. The molecule has 28 heavy (non-hydrogen) atoms. The first-order chi connectivity index (χ1) is 13.6. The topological polar surface area (TPSA) is 117 Å². The van der Waals surface area contributed by atoms with Gasteiger partial charge in [-0.1, -0.05) is 0 Å². The van der Waals surface area contributed by atoms with E-state index in [4.69, 9.17) is 4.74 Å². The van der Waals surface area contributed by atoms with Crippen LogP contribution in [0.3, 0.4) is 0 Å². The third-order valence-electron chi connectivity index (χ3n) is 5.04. The lowest BCUT2D eigenvalue weighted by Gasteiger charge is -2.28. The molecule has 150 valence electrons. The van der Waals surface area contributed by atoms with Gasteiger partial charge in [0.25, 0.3) is 5.91 Å². The maximum absolute atomic E-state index is 12.3. The number of nitrogens with one attached hydrogen (secondary N) is 2. The molecule has 2 aromatic rings. The summed E-state index contributed by atoms with van der Waals surface area (Å²) >= 11 is 0. The van der Waals surface area contributed by atoms with Crippen LogP contribution in [0, 0.1) is 0 Å². The Hall–Kier alpha value is -2.56. The SMILES string of the molecule is Cn1cnc2c1CCN(CC(O)CNC(=O)c1cc(NC3COC3)ncn1)C2. The Balaban J connectivity index is 1.25. The second-order valence-corrected chi connectivity index (χ2v) is 7.27. The number of fused-ring (bicyclic) bond motifs is 1. The molecule has 4 heterocycles. The molecule has 2 aromatic heterocycles. The van der Waals surface area contributed by atoms with Gasteiger partial charge in [-0.25, -0.2) is 15.0 Å². The molecule has 3 N–H and O–H groups in total. The highest BCUT2D eigenvalue weighted by atomic mass is 16.5. The summed E-state index contributed by atoms with van der Waals surface area (Å²) in [7, 11) is 2.00. The number of imidazole rings is 1. The molecule has 1 unspecified atom stereocenters. The summed E-state index contributed by atoms with van der Waals surface area (Å²) in [5.41, 5.74) is 2.57. The van der Waals surface area contributed by atoms with E-state index in [2.05, 4.69) is 30.5 Å². The summed E-state index contributed by atoms with van der Waals surface area (Å²) in [6, 6.07) is 1.82. The lowest BCUT2D eigenvalue weighted by Crippen LogP contribution is -2.42. The van der Waals surface area contributed by atoms with Gasteiger partial charge in [-0.15, -0.1) is 0 Å². The van der Waals surface area contributed by atoms with Gasteiger partial charge < -0.3 is 25.0 Å². The largest absolute Gasteiger partial charge is 0.390 e. The number of hydrogen-bond acceptors (Lipinski definition) is 8. The third-order valence-corrected chi connectivity index (χ3v) is 5.04. The number of aromatic nitrogens is 4. The molecule has 0 bridgehead atoms. The van der Waals surface area contributed by atoms with E-state index in [-0.39, 0.29) is 24.2 Å². The number of carbonyl (C=O) groups excluding carboxylic acids is 1. The summed E-state index contributed by atoms with van der Waals surface area (Å²) < 4.78 is 7.16. The maximum Gasteiger partial charge on any atom is 0.270 e. The average molecular weight is 387 g/mol. The zero-order valence-corrected chi connectivity index (χ0v) is 15.8. The summed E-state index contributed by atoms with van der Waals surface area (Å²) in [5, 5.41) is 16.2. The second kappa shape index (κ2) is 8.21. The number of ether oxygens (including phenoxy) is 1. The standard InChI is InChI=1S/C18H25N7O3/c1-24-11-22-15-7-25(3-2-16(15)24)6-13(26)5-19-18(27)14-4-17(21-10-20-14)23-12-8-28-9-12/h4,10-13,26H,2-3,5-9H2,1H3,(H,19,27)(H,20,21,23). The normalized spacial score (nSPS) is 18.2. The first kappa shape index (κ1) is 18.8. The van der Waals surface area contributed by atoms with E-state index in [0.717, 1.165) is 18.7 Å². The first-order valence-electron chi connectivity index (χ1n) is 9.42. The Morgan fingerprint density at radius 2 is 2.25 bits per heavy atom. The van der Waals surface area contributed by atoms with Crippen LogP contribution in [0.2, 0.25) is 0 Å². The van der Waals surface area contributed by atoms with Gasteiger partial charge in [0.1, 0.15) is 17.8 Å². The Morgan fingerprint density at radius 3 is 3.04 bits per heavy atom. The summed E-state index contributed by atoms with van der Waals surface area (Å²) in [6.07, 6.45) is 3.42. The zero-order chi connectivity index (χ0) is 19.5. The maximum atomic E-state index is 12.3. The molecule has 0 spiro atoms. The van der Waals surface area contributed by atoms with E-state index < -0.39 is 6.10 Å². The molecule has 4 rings (SSSR count). The number of β-amino-alcohol motifs (C(OH)–C–C–N with tert-alkyl or cyclic N) is 1. The number of aliphatic hydroxyl groups excluding tert-OH is 1. The predicted molar refractivity (Wildman–Crippen MR) is 101 cm³/mol. The van der Waals surface area contributed by atoms with Crippen molar-refractivity contribution in [2.45, 2.75) is 25.1 Å². The average Bonchev–Trinajstić information content (AvgIpc) is 3.03. The van der Waals surface area contributed by atoms with Gasteiger partial charge in [-0.3, -0.25) is 9.69 Å². The highest BCUT2D eigenvalue weighted by Crippen LogP contribution is 2.17. The highest BCUT2D eigenvalue weighted by molar-refractivity contribution is 5.92. The van der Waals surface area contributed by atoms with Crippen LogP contribution in [0.4, 0.5) is 5.82 Å². The number of nitrogens with zero attached hydrogens (tertiary/aromatic N) is 5. The van der Waals surface area contributed by atoms with Crippen LogP contribution in [0.5, 0.6) is 0 Å². The molecule has 0 aliphatic carbocycles. The van der Waals surface area contributed by atoms with Gasteiger partial charge in [0, 0.05) is 51.4 Å². The molecule has 0 aromatic carbocycles. The van der Waals surface area contributed by atoms with E-state index in [0.29, 0.717) is 32.1 Å². The van der Waals surface area contributed by atoms with E-state index in [9.17, 15) is 9.90 Å². The highest BCUT2D eigenvalue weighted by Gasteiger charge is 2.22. The van der Waals surface area contributed by atoms with Crippen molar-refractivity contribution in [2.75, 3.05) is 38.2 Å². The van der Waals surface area contributed by atoms with Gasteiger partial charge in [0.05, 0.1) is 37.4 Å². The Kier molecular flexibility index (Phi) is 5.51. The minimum atomic E-state index is -0.666. The van der Waals surface area contributed by atoms with Crippen LogP contribution in [-0.2, 0) is 24.8 Å². The summed E-state index contributed by atoms with van der Waals surface area (Å²) in [4.78, 5) is 27.0. The molecule has 10 nitrogen and oxygen atoms in total. The smallest absolute Gasteiger partial charge is 0.270 e. The first-order valence-corrected chi connectivity index (χ1v) is 9.42.